The van der Waals surface area contributed by atoms with E-state index in [1.807, 2.05) is 0 Å². The third kappa shape index (κ3) is 7.21. The molecule has 1 atom stereocenters. The molecule has 0 fully saturated rings. The highest BCUT2D eigenvalue weighted by Crippen LogP contribution is 1.95. The second-order valence-corrected chi connectivity index (χ2v) is 2.25. The smallest absolute Gasteiger partial charge is 0.0555 e. The van der Waals surface area contributed by atoms with E-state index in [1.54, 1.807) is 0 Å². The summed E-state index contributed by atoms with van der Waals surface area (Å²) < 4.78 is 0. The van der Waals surface area contributed by atoms with Gasteiger partial charge in [-0.2, -0.15) is 0 Å². The first-order valence-electron chi connectivity index (χ1n) is 1.71. The minimum absolute atomic E-state index is 0. The summed E-state index contributed by atoms with van der Waals surface area (Å²) in [5.74, 6) is 0. The van der Waals surface area contributed by atoms with Gasteiger partial charge in [0.15, 0.2) is 0 Å². The molecule has 0 aromatic carbocycles. The fourth-order valence-corrected chi connectivity index (χ4v) is 0.327. The molecule has 0 aromatic rings. The van der Waals surface area contributed by atoms with Gasteiger partial charge in [-0.05, 0) is 0 Å². The zero-order valence-corrected chi connectivity index (χ0v) is 7.79. The van der Waals surface area contributed by atoms with Crippen molar-refractivity contribution in [3.8, 4) is 0 Å². The maximum atomic E-state index is 5.48. The van der Waals surface area contributed by atoms with Crippen LogP contribution in [0.3, 0.4) is 0 Å². The van der Waals surface area contributed by atoms with Crippen LogP contribution < -0.4 is 5.73 Å². The molecule has 0 amide bonds. The Morgan fingerprint density at radius 1 is 1.71 bits per heavy atom. The molecule has 4 heteroatoms. The third-order valence-corrected chi connectivity index (χ3v) is 1.91. The van der Waals surface area contributed by atoms with Crippen LogP contribution in [0.25, 0.3) is 0 Å². The summed E-state index contributed by atoms with van der Waals surface area (Å²) in [4.78, 5) is 0. The van der Waals surface area contributed by atoms with Gasteiger partial charge in [0, 0.05) is 11.9 Å². The molecule has 0 aliphatic heterocycles. The minimum atomic E-state index is 0. The fourth-order valence-electron chi connectivity index (χ4n) is 0.0630. The Morgan fingerprint density at radius 2 is 2.14 bits per heavy atom. The maximum Gasteiger partial charge on any atom is 0.0555 e. The molecule has 0 bridgehead atoms. The van der Waals surface area contributed by atoms with Crippen molar-refractivity contribution in [2.45, 2.75) is 5.38 Å². The van der Waals surface area contributed by atoms with Gasteiger partial charge in [0.1, 0.15) is 0 Å². The van der Waals surface area contributed by atoms with E-state index in [-0.39, 0.29) is 22.4 Å². The highest BCUT2D eigenvalue weighted by atomic mass is 79.9. The fraction of sp³-hybridized carbons (Fsp3) is 1.00. The number of alkyl halides is 2. The maximum absolute atomic E-state index is 5.48. The van der Waals surface area contributed by atoms with Crippen LogP contribution in [0.4, 0.5) is 0 Å². The lowest BCUT2D eigenvalue weighted by molar-refractivity contribution is 0.958. The number of halogens is 3. The molecule has 7 heavy (non-hydrogen) atoms. The minimum Gasteiger partial charge on any atom is -0.329 e. The van der Waals surface area contributed by atoms with Crippen molar-refractivity contribution in [3.05, 3.63) is 0 Å². The molecule has 0 rings (SSSR count). The predicted molar refractivity (Wildman–Crippen MR) is 42.8 cm³/mol. The van der Waals surface area contributed by atoms with Gasteiger partial charge in [-0.3, -0.25) is 0 Å². The van der Waals surface area contributed by atoms with Crippen molar-refractivity contribution in [2.75, 3.05) is 11.9 Å². The monoisotopic (exact) mass is 251 g/mol. The molecule has 0 aliphatic rings. The van der Waals surface area contributed by atoms with Gasteiger partial charge in [0.2, 0.25) is 0 Å². The van der Waals surface area contributed by atoms with Crippen LogP contribution in [0, 0.1) is 0 Å². The van der Waals surface area contributed by atoms with Crippen molar-refractivity contribution >= 4 is 44.5 Å². The van der Waals surface area contributed by atoms with E-state index < -0.39 is 0 Å². The highest BCUT2D eigenvalue weighted by Gasteiger charge is 1.93. The van der Waals surface area contributed by atoms with Gasteiger partial charge in [0.05, 0.1) is 5.38 Å². The van der Waals surface area contributed by atoms with Gasteiger partial charge in [-0.25, -0.2) is 0 Å². The van der Waals surface area contributed by atoms with Crippen LogP contribution in [-0.2, 0) is 0 Å². The summed E-state index contributed by atoms with van der Waals surface area (Å²) in [6, 6.07) is 0. The van der Waals surface area contributed by atoms with E-state index in [9.17, 15) is 0 Å². The van der Waals surface area contributed by atoms with E-state index in [0.717, 1.165) is 5.33 Å². The van der Waals surface area contributed by atoms with Crippen LogP contribution in [0.1, 0.15) is 0 Å². The normalized spacial score (nSPS) is 12.4. The first kappa shape index (κ1) is 11.1. The molecule has 0 aromatic heterocycles. The third-order valence-electron chi connectivity index (χ3n) is 0.423. The van der Waals surface area contributed by atoms with Crippen molar-refractivity contribution in [3.63, 3.8) is 0 Å². The number of hydrogen-bond acceptors (Lipinski definition) is 1. The average molecular weight is 253 g/mol. The summed E-state index contributed by atoms with van der Waals surface area (Å²) >= 11 is 8.64. The van der Waals surface area contributed by atoms with Gasteiger partial charge in [0.25, 0.3) is 0 Å². The van der Waals surface area contributed by atoms with E-state index in [2.05, 4.69) is 15.9 Å². The zero-order valence-electron chi connectivity index (χ0n) is 3.73. The van der Waals surface area contributed by atoms with Gasteiger partial charge in [-0.15, -0.1) is 28.6 Å². The standard InChI is InChI=1S/C3H7BrClN.BrH/c4-1-3(5)2-6;/h3H,1-2,6H2;1H. The summed E-state index contributed by atoms with van der Waals surface area (Å²) in [7, 11) is 0. The summed E-state index contributed by atoms with van der Waals surface area (Å²) in [6.45, 7) is 0.548. The second kappa shape index (κ2) is 7.21. The molecule has 0 saturated heterocycles. The van der Waals surface area contributed by atoms with Crippen LogP contribution in [0.15, 0.2) is 0 Å². The molecule has 0 aliphatic carbocycles. The Kier molecular flexibility index (Phi) is 11.4. The van der Waals surface area contributed by atoms with Crippen molar-refractivity contribution in [1.29, 1.82) is 0 Å². The quantitative estimate of drug-likeness (QED) is 0.742. The Hall–Kier alpha value is 1.21. The largest absolute Gasteiger partial charge is 0.329 e. The number of rotatable bonds is 2. The summed E-state index contributed by atoms with van der Waals surface area (Å²) in [5, 5.41) is 0.885. The molecular weight excluding hydrogens is 245 g/mol. The number of hydrogen-bond donors (Lipinski definition) is 1. The lowest BCUT2D eigenvalue weighted by Gasteiger charge is -1.94. The number of nitrogens with two attached hydrogens (primary N) is 1. The Morgan fingerprint density at radius 3 is 2.14 bits per heavy atom. The van der Waals surface area contributed by atoms with Crippen LogP contribution >= 0.6 is 44.5 Å². The zero-order chi connectivity index (χ0) is 4.99. The molecular formula is C3H8Br2ClN. The predicted octanol–water partition coefficient (Wildman–Crippen LogP) is 1.53. The molecule has 0 saturated carbocycles. The van der Waals surface area contributed by atoms with Gasteiger partial charge in [-0.1, -0.05) is 15.9 Å². The molecule has 0 heterocycles. The van der Waals surface area contributed by atoms with Crippen molar-refractivity contribution in [2.24, 2.45) is 5.73 Å². The molecule has 2 N–H and O–H groups in total. The summed E-state index contributed by atoms with van der Waals surface area (Å²) in [5.41, 5.74) is 5.12. The lowest BCUT2D eigenvalue weighted by atomic mass is 10.5. The SMILES string of the molecule is Br.NCC(Cl)CBr. The second-order valence-electron chi connectivity index (χ2n) is 0.987. The Balaban J connectivity index is 0. The first-order chi connectivity index (χ1) is 2.81. The van der Waals surface area contributed by atoms with Crippen LogP contribution in [0.2, 0.25) is 0 Å². The van der Waals surface area contributed by atoms with Gasteiger partial charge >= 0.3 is 0 Å². The highest BCUT2D eigenvalue weighted by molar-refractivity contribution is 9.09. The Bertz CT molecular complexity index is 32.1. The van der Waals surface area contributed by atoms with E-state index in [1.165, 1.54) is 0 Å². The molecule has 1 nitrogen and oxygen atoms in total. The lowest BCUT2D eigenvalue weighted by Crippen LogP contribution is -2.14. The molecule has 46 valence electrons. The first-order valence-corrected chi connectivity index (χ1v) is 3.27. The van der Waals surface area contributed by atoms with Gasteiger partial charge < -0.3 is 5.73 Å². The Labute approximate surface area is 67.5 Å². The van der Waals surface area contributed by atoms with Crippen LogP contribution in [-0.4, -0.2) is 17.3 Å². The molecule has 1 unspecified atom stereocenters. The summed E-state index contributed by atoms with van der Waals surface area (Å²) in [6.07, 6.45) is 0. The van der Waals surface area contributed by atoms with Crippen LogP contribution in [0.5, 0.6) is 0 Å². The van der Waals surface area contributed by atoms with Crippen molar-refractivity contribution < 1.29 is 0 Å². The average Bonchev–Trinajstić information content (AvgIpc) is 1.65. The molecule has 0 spiro atoms. The van der Waals surface area contributed by atoms with E-state index >= 15 is 0 Å². The topological polar surface area (TPSA) is 26.0 Å². The van der Waals surface area contributed by atoms with E-state index in [0.29, 0.717) is 6.54 Å². The van der Waals surface area contributed by atoms with Crippen molar-refractivity contribution in [1.82, 2.24) is 0 Å². The van der Waals surface area contributed by atoms with E-state index in [4.69, 9.17) is 17.3 Å². The molecule has 0 radical (unpaired) electrons.